The standard InChI is InChI=1S/C13H25N3O/c1-12(2,3)8-13(4,5)16-9-15-6-11(16)10(14)7-17/h6,9-10,17H,7-8,14H2,1-5H3. The van der Waals surface area contributed by atoms with E-state index in [4.69, 9.17) is 10.8 Å². The number of nitrogens with zero attached hydrogens (tertiary/aromatic N) is 2. The Bertz CT molecular complexity index is 363. The van der Waals surface area contributed by atoms with Gasteiger partial charge in [-0.1, -0.05) is 20.8 Å². The molecule has 0 aliphatic heterocycles. The van der Waals surface area contributed by atoms with E-state index >= 15 is 0 Å². The molecular formula is C13H25N3O. The summed E-state index contributed by atoms with van der Waals surface area (Å²) in [5, 5.41) is 9.16. The summed E-state index contributed by atoms with van der Waals surface area (Å²) in [5.74, 6) is 0. The van der Waals surface area contributed by atoms with Crippen molar-refractivity contribution in [3.8, 4) is 0 Å². The van der Waals surface area contributed by atoms with Gasteiger partial charge in [-0.25, -0.2) is 4.98 Å². The van der Waals surface area contributed by atoms with Crippen LogP contribution in [0, 0.1) is 5.41 Å². The molecule has 1 aromatic rings. The van der Waals surface area contributed by atoms with Crippen molar-refractivity contribution in [2.75, 3.05) is 6.61 Å². The number of aliphatic hydroxyl groups is 1. The smallest absolute Gasteiger partial charge is 0.0953 e. The van der Waals surface area contributed by atoms with Crippen molar-refractivity contribution in [2.45, 2.75) is 52.6 Å². The van der Waals surface area contributed by atoms with Crippen LogP contribution in [0.15, 0.2) is 12.5 Å². The van der Waals surface area contributed by atoms with E-state index in [2.05, 4.69) is 44.2 Å². The van der Waals surface area contributed by atoms with Gasteiger partial charge in [0.15, 0.2) is 0 Å². The van der Waals surface area contributed by atoms with Gasteiger partial charge in [-0.2, -0.15) is 0 Å². The number of imidazole rings is 1. The van der Waals surface area contributed by atoms with E-state index < -0.39 is 0 Å². The largest absolute Gasteiger partial charge is 0.394 e. The van der Waals surface area contributed by atoms with Crippen molar-refractivity contribution in [1.82, 2.24) is 9.55 Å². The monoisotopic (exact) mass is 239 g/mol. The second-order valence-electron chi connectivity index (χ2n) is 6.53. The number of hydrogen-bond donors (Lipinski definition) is 2. The molecule has 1 aromatic heterocycles. The highest BCUT2D eigenvalue weighted by molar-refractivity contribution is 5.08. The van der Waals surface area contributed by atoms with Gasteiger partial charge in [0, 0.05) is 11.7 Å². The first-order valence-corrected chi connectivity index (χ1v) is 6.06. The first kappa shape index (κ1) is 14.2. The third-order valence-corrected chi connectivity index (χ3v) is 2.86. The molecule has 0 aliphatic rings. The Balaban J connectivity index is 3.03. The second kappa shape index (κ2) is 4.78. The van der Waals surface area contributed by atoms with E-state index in [9.17, 15) is 0 Å². The third kappa shape index (κ3) is 3.54. The first-order chi connectivity index (χ1) is 7.67. The second-order valence-corrected chi connectivity index (χ2v) is 6.53. The highest BCUT2D eigenvalue weighted by Gasteiger charge is 2.29. The molecule has 98 valence electrons. The molecule has 1 rings (SSSR count). The molecule has 0 fully saturated rings. The van der Waals surface area contributed by atoms with Crippen LogP contribution >= 0.6 is 0 Å². The van der Waals surface area contributed by atoms with E-state index in [0.29, 0.717) is 0 Å². The van der Waals surface area contributed by atoms with Gasteiger partial charge >= 0.3 is 0 Å². The lowest BCUT2D eigenvalue weighted by molar-refractivity contribution is 0.201. The molecule has 1 heterocycles. The predicted molar refractivity (Wildman–Crippen MR) is 69.6 cm³/mol. The Hall–Kier alpha value is -0.870. The summed E-state index contributed by atoms with van der Waals surface area (Å²) >= 11 is 0. The van der Waals surface area contributed by atoms with E-state index in [1.807, 2.05) is 0 Å². The molecule has 17 heavy (non-hydrogen) atoms. The molecule has 0 amide bonds. The van der Waals surface area contributed by atoms with Crippen molar-refractivity contribution in [3.63, 3.8) is 0 Å². The van der Waals surface area contributed by atoms with Crippen LogP contribution in [0.4, 0.5) is 0 Å². The summed E-state index contributed by atoms with van der Waals surface area (Å²) in [5.41, 5.74) is 6.95. The minimum absolute atomic E-state index is 0.0582. The molecule has 0 spiro atoms. The maximum absolute atomic E-state index is 9.16. The maximum Gasteiger partial charge on any atom is 0.0953 e. The normalized spacial score (nSPS) is 15.0. The van der Waals surface area contributed by atoms with Crippen LogP contribution in [0.25, 0.3) is 0 Å². The number of hydrogen-bond acceptors (Lipinski definition) is 3. The van der Waals surface area contributed by atoms with Gasteiger partial charge in [0.2, 0.25) is 0 Å². The molecule has 0 saturated heterocycles. The van der Waals surface area contributed by atoms with Crippen LogP contribution < -0.4 is 5.73 Å². The van der Waals surface area contributed by atoms with Gasteiger partial charge in [-0.05, 0) is 25.7 Å². The number of rotatable bonds is 4. The van der Waals surface area contributed by atoms with Gasteiger partial charge in [0.1, 0.15) is 0 Å². The molecule has 0 bridgehead atoms. The molecule has 3 N–H and O–H groups in total. The number of aromatic nitrogens is 2. The Labute approximate surface area is 104 Å². The highest BCUT2D eigenvalue weighted by atomic mass is 16.3. The summed E-state index contributed by atoms with van der Waals surface area (Å²) < 4.78 is 2.08. The topological polar surface area (TPSA) is 64.1 Å². The van der Waals surface area contributed by atoms with Gasteiger partial charge in [-0.15, -0.1) is 0 Å². The summed E-state index contributed by atoms with van der Waals surface area (Å²) in [4.78, 5) is 4.16. The first-order valence-electron chi connectivity index (χ1n) is 6.06. The average Bonchev–Trinajstić information content (AvgIpc) is 2.61. The lowest BCUT2D eigenvalue weighted by Gasteiger charge is -2.35. The molecule has 0 aromatic carbocycles. The van der Waals surface area contributed by atoms with E-state index in [1.165, 1.54) is 0 Å². The summed E-state index contributed by atoms with van der Waals surface area (Å²) in [7, 11) is 0. The summed E-state index contributed by atoms with van der Waals surface area (Å²) in [6.45, 7) is 10.9. The lowest BCUT2D eigenvalue weighted by Crippen LogP contribution is -2.34. The van der Waals surface area contributed by atoms with E-state index in [1.54, 1.807) is 12.5 Å². The minimum atomic E-state index is -0.364. The van der Waals surface area contributed by atoms with Crippen molar-refractivity contribution >= 4 is 0 Å². The predicted octanol–water partition coefficient (Wildman–Crippen LogP) is 2.05. The molecule has 4 nitrogen and oxygen atoms in total. The van der Waals surface area contributed by atoms with Crippen LogP contribution in [-0.2, 0) is 5.54 Å². The van der Waals surface area contributed by atoms with Crippen molar-refractivity contribution in [3.05, 3.63) is 18.2 Å². The molecule has 0 radical (unpaired) electrons. The fourth-order valence-electron chi connectivity index (χ4n) is 2.56. The molecule has 0 saturated carbocycles. The van der Waals surface area contributed by atoms with E-state index in [-0.39, 0.29) is 23.6 Å². The average molecular weight is 239 g/mol. The van der Waals surface area contributed by atoms with E-state index in [0.717, 1.165) is 12.1 Å². The van der Waals surface area contributed by atoms with Crippen LogP contribution in [-0.4, -0.2) is 21.3 Å². The summed E-state index contributed by atoms with van der Waals surface area (Å²) in [6, 6.07) is -0.364. The molecule has 4 heteroatoms. The zero-order valence-corrected chi connectivity index (χ0v) is 11.6. The van der Waals surface area contributed by atoms with Crippen LogP contribution in [0.3, 0.4) is 0 Å². The Morgan fingerprint density at radius 2 is 1.94 bits per heavy atom. The molecular weight excluding hydrogens is 214 g/mol. The molecule has 0 aliphatic carbocycles. The Kier molecular flexibility index (Phi) is 3.99. The molecule has 1 atom stereocenters. The maximum atomic E-state index is 9.16. The zero-order valence-electron chi connectivity index (χ0n) is 11.6. The van der Waals surface area contributed by atoms with Crippen LogP contribution in [0.2, 0.25) is 0 Å². The Morgan fingerprint density at radius 3 is 2.41 bits per heavy atom. The van der Waals surface area contributed by atoms with Crippen molar-refractivity contribution in [1.29, 1.82) is 0 Å². The highest BCUT2D eigenvalue weighted by Crippen LogP contribution is 2.33. The lowest BCUT2D eigenvalue weighted by atomic mass is 9.81. The fraction of sp³-hybridized carbons (Fsp3) is 0.769. The minimum Gasteiger partial charge on any atom is -0.394 e. The van der Waals surface area contributed by atoms with Crippen molar-refractivity contribution < 1.29 is 5.11 Å². The van der Waals surface area contributed by atoms with Crippen molar-refractivity contribution in [2.24, 2.45) is 11.1 Å². The summed E-state index contributed by atoms with van der Waals surface area (Å²) in [6.07, 6.45) is 4.56. The SMILES string of the molecule is CC(C)(C)CC(C)(C)n1cncc1C(N)CO. The number of nitrogens with two attached hydrogens (primary N) is 1. The van der Waals surface area contributed by atoms with Gasteiger partial charge in [0.25, 0.3) is 0 Å². The fourth-order valence-corrected chi connectivity index (χ4v) is 2.56. The number of aliphatic hydroxyl groups excluding tert-OH is 1. The van der Waals surface area contributed by atoms with Gasteiger partial charge in [0.05, 0.1) is 24.7 Å². The van der Waals surface area contributed by atoms with Gasteiger partial charge < -0.3 is 15.4 Å². The molecule has 1 unspecified atom stereocenters. The van der Waals surface area contributed by atoms with Crippen LogP contribution in [0.1, 0.15) is 52.8 Å². The quantitative estimate of drug-likeness (QED) is 0.845. The van der Waals surface area contributed by atoms with Gasteiger partial charge in [-0.3, -0.25) is 0 Å². The third-order valence-electron chi connectivity index (χ3n) is 2.86. The zero-order chi connectivity index (χ0) is 13.3. The Morgan fingerprint density at radius 1 is 1.35 bits per heavy atom. The van der Waals surface area contributed by atoms with Crippen LogP contribution in [0.5, 0.6) is 0 Å².